The van der Waals surface area contributed by atoms with Crippen LogP contribution in [-0.4, -0.2) is 39.9 Å². The summed E-state index contributed by atoms with van der Waals surface area (Å²) in [5.41, 5.74) is 0.215. The molecule has 0 unspecified atom stereocenters. The van der Waals surface area contributed by atoms with Gasteiger partial charge in [0.2, 0.25) is 0 Å². The Morgan fingerprint density at radius 1 is 1.11 bits per heavy atom. The Morgan fingerprint density at radius 2 is 1.78 bits per heavy atom. The van der Waals surface area contributed by atoms with Crippen molar-refractivity contribution in [3.63, 3.8) is 0 Å². The number of hydrogen-bond donors (Lipinski definition) is 1. The van der Waals surface area contributed by atoms with Crippen molar-refractivity contribution in [2.45, 2.75) is 26.1 Å². The van der Waals surface area contributed by atoms with E-state index in [0.717, 1.165) is 6.07 Å². The predicted octanol–water partition coefficient (Wildman–Crippen LogP) is 3.94. The van der Waals surface area contributed by atoms with Crippen LogP contribution in [0.5, 0.6) is 0 Å². The molecule has 0 radical (unpaired) electrons. The van der Waals surface area contributed by atoms with Gasteiger partial charge in [0, 0.05) is 34.8 Å². The number of aromatic nitrogens is 2. The first-order valence-corrected chi connectivity index (χ1v) is 11.9. The van der Waals surface area contributed by atoms with Crippen LogP contribution in [0.4, 0.5) is 13.2 Å². The van der Waals surface area contributed by atoms with Gasteiger partial charge in [-0.05, 0) is 61.7 Å². The van der Waals surface area contributed by atoms with Gasteiger partial charge < -0.3 is 10.2 Å². The van der Waals surface area contributed by atoms with Gasteiger partial charge >= 0.3 is 6.18 Å². The van der Waals surface area contributed by atoms with Gasteiger partial charge in [0.1, 0.15) is 0 Å². The van der Waals surface area contributed by atoms with Crippen LogP contribution in [-0.2, 0) is 19.1 Å². The second-order valence-electron chi connectivity index (χ2n) is 8.17. The summed E-state index contributed by atoms with van der Waals surface area (Å²) in [6, 6.07) is 9.71. The Bertz CT molecular complexity index is 1520. The fourth-order valence-electron chi connectivity index (χ4n) is 4.06. The number of benzene rings is 2. The Morgan fingerprint density at radius 3 is 2.41 bits per heavy atom. The molecule has 2 amide bonds. The number of alkyl halides is 3. The number of nitrogens with one attached hydrogen (secondary N) is 1. The van der Waals surface area contributed by atoms with Gasteiger partial charge in [-0.25, -0.2) is 4.98 Å². The maximum absolute atomic E-state index is 13.5. The molecular formula is C26H20BrF3N4O3. The maximum atomic E-state index is 13.5. The van der Waals surface area contributed by atoms with Gasteiger partial charge in [0.15, 0.2) is 5.82 Å². The lowest BCUT2D eigenvalue weighted by Crippen LogP contribution is -2.41. The number of carbonyl (C=O) groups excluding carboxylic acids is 2. The van der Waals surface area contributed by atoms with E-state index < -0.39 is 17.6 Å². The van der Waals surface area contributed by atoms with Crippen molar-refractivity contribution in [3.05, 3.63) is 91.1 Å². The van der Waals surface area contributed by atoms with E-state index in [2.05, 4.69) is 38.1 Å². The third-order valence-electron chi connectivity index (χ3n) is 5.89. The molecule has 1 N–H and O–H groups in total. The third-order valence-corrected chi connectivity index (χ3v) is 6.58. The summed E-state index contributed by atoms with van der Waals surface area (Å²) in [4.78, 5) is 44.3. The number of rotatable bonds is 3. The smallest absolute Gasteiger partial charge is 0.355 e. The van der Waals surface area contributed by atoms with Crippen LogP contribution in [0.15, 0.2) is 51.7 Å². The average molecular weight is 573 g/mol. The highest BCUT2D eigenvalue weighted by molar-refractivity contribution is 9.10. The fraction of sp³-hybridized carbons (Fsp3) is 0.231. The zero-order valence-corrected chi connectivity index (χ0v) is 21.3. The number of amides is 2. The second-order valence-corrected chi connectivity index (χ2v) is 9.03. The molecular weight excluding hydrogens is 553 g/mol. The zero-order valence-electron chi connectivity index (χ0n) is 19.7. The molecule has 0 bridgehead atoms. The number of nitrogens with zero attached hydrogens (tertiary/aromatic N) is 3. The molecule has 7 nitrogen and oxygen atoms in total. The molecule has 2 heterocycles. The largest absolute Gasteiger partial charge is 0.417 e. The summed E-state index contributed by atoms with van der Waals surface area (Å²) >= 11 is 2.88. The molecule has 1 aliphatic heterocycles. The quantitative estimate of drug-likeness (QED) is 0.482. The molecule has 2 aromatic carbocycles. The van der Waals surface area contributed by atoms with Crippen LogP contribution >= 0.6 is 15.9 Å². The fourth-order valence-corrected chi connectivity index (χ4v) is 4.53. The lowest BCUT2D eigenvalue weighted by Gasteiger charge is -2.29. The van der Waals surface area contributed by atoms with E-state index in [4.69, 9.17) is 0 Å². The molecule has 0 saturated carbocycles. The molecule has 1 aliphatic rings. The average Bonchev–Trinajstić information content (AvgIpc) is 2.87. The second kappa shape index (κ2) is 10.2. The molecule has 11 heteroatoms. The summed E-state index contributed by atoms with van der Waals surface area (Å²) in [5.74, 6) is 4.82. The summed E-state index contributed by atoms with van der Waals surface area (Å²) in [6.45, 7) is 1.68. The van der Waals surface area contributed by atoms with E-state index >= 15 is 0 Å². The molecule has 0 fully saturated rings. The van der Waals surface area contributed by atoms with Crippen LogP contribution < -0.4 is 10.9 Å². The zero-order chi connectivity index (χ0) is 26.9. The Balaban J connectivity index is 1.70. The standard InChI is InChI=1S/C26H20BrF3N4O3/c1-3-4-22-32-21-14-33(24(36)16-7-10-20(27)19(13-16)26(28,29)30)12-11-18(21)25(37)34(22)17-8-5-15(6-9-17)23(35)31-2/h5-10,13H,11-12,14H2,1-2H3,(H,31,35). The number of fused-ring (bicyclic) bond motifs is 1. The lowest BCUT2D eigenvalue weighted by molar-refractivity contribution is -0.138. The van der Waals surface area contributed by atoms with Crippen molar-refractivity contribution in [1.82, 2.24) is 19.8 Å². The van der Waals surface area contributed by atoms with Crippen LogP contribution in [0.2, 0.25) is 0 Å². The van der Waals surface area contributed by atoms with E-state index in [1.54, 1.807) is 31.2 Å². The Labute approximate surface area is 218 Å². The van der Waals surface area contributed by atoms with E-state index in [-0.39, 0.29) is 46.8 Å². The van der Waals surface area contributed by atoms with Gasteiger partial charge in [-0.1, -0.05) is 21.9 Å². The van der Waals surface area contributed by atoms with Crippen LogP contribution in [0.1, 0.15) is 50.3 Å². The van der Waals surface area contributed by atoms with E-state index in [1.165, 1.54) is 28.6 Å². The lowest BCUT2D eigenvalue weighted by atomic mass is 10.0. The molecule has 4 rings (SSSR count). The van der Waals surface area contributed by atoms with Gasteiger partial charge in [-0.2, -0.15) is 13.2 Å². The molecule has 0 atom stereocenters. The van der Waals surface area contributed by atoms with Crippen molar-refractivity contribution < 1.29 is 22.8 Å². The first-order chi connectivity index (χ1) is 17.5. The van der Waals surface area contributed by atoms with Crippen LogP contribution in [0, 0.1) is 11.8 Å². The number of halogens is 4. The first-order valence-electron chi connectivity index (χ1n) is 11.1. The van der Waals surface area contributed by atoms with Crippen LogP contribution in [0.25, 0.3) is 5.69 Å². The van der Waals surface area contributed by atoms with E-state index in [0.29, 0.717) is 22.5 Å². The Hall–Kier alpha value is -3.91. The summed E-state index contributed by atoms with van der Waals surface area (Å²) < 4.78 is 41.1. The number of carbonyl (C=O) groups is 2. The molecule has 3 aromatic rings. The summed E-state index contributed by atoms with van der Waals surface area (Å²) in [5, 5.41) is 2.53. The minimum Gasteiger partial charge on any atom is -0.355 e. The SMILES string of the molecule is CC#Cc1nc2c(c(=O)n1-c1ccc(C(=O)NC)cc1)CCN(C(=O)c1ccc(Br)c(C(F)(F)F)c1)C2. The van der Waals surface area contributed by atoms with E-state index in [9.17, 15) is 27.6 Å². The minimum atomic E-state index is -4.62. The van der Waals surface area contributed by atoms with Crippen molar-refractivity contribution in [3.8, 4) is 17.5 Å². The number of hydrogen-bond acceptors (Lipinski definition) is 4. The molecule has 1 aromatic heterocycles. The Kier molecular flexibility index (Phi) is 7.23. The van der Waals surface area contributed by atoms with Crippen LogP contribution in [0.3, 0.4) is 0 Å². The topological polar surface area (TPSA) is 84.3 Å². The van der Waals surface area contributed by atoms with Crippen molar-refractivity contribution >= 4 is 27.7 Å². The summed E-state index contributed by atoms with van der Waals surface area (Å²) in [7, 11) is 1.52. The van der Waals surface area contributed by atoms with E-state index in [1.807, 2.05) is 0 Å². The highest BCUT2D eigenvalue weighted by Crippen LogP contribution is 2.35. The van der Waals surface area contributed by atoms with Gasteiger partial charge in [-0.15, -0.1) is 0 Å². The predicted molar refractivity (Wildman–Crippen MR) is 133 cm³/mol. The maximum Gasteiger partial charge on any atom is 0.417 e. The van der Waals surface area contributed by atoms with Gasteiger partial charge in [0.05, 0.1) is 23.5 Å². The molecule has 0 aliphatic carbocycles. The third kappa shape index (κ3) is 5.15. The van der Waals surface area contributed by atoms with Crippen molar-refractivity contribution in [2.75, 3.05) is 13.6 Å². The van der Waals surface area contributed by atoms with Gasteiger partial charge in [-0.3, -0.25) is 19.0 Å². The summed E-state index contributed by atoms with van der Waals surface area (Å²) in [6.07, 6.45) is -4.45. The van der Waals surface area contributed by atoms with Crippen molar-refractivity contribution in [1.29, 1.82) is 0 Å². The molecule has 0 spiro atoms. The monoisotopic (exact) mass is 572 g/mol. The first kappa shape index (κ1) is 26.2. The highest BCUT2D eigenvalue weighted by atomic mass is 79.9. The minimum absolute atomic E-state index is 0.0460. The normalized spacial score (nSPS) is 12.9. The molecule has 0 saturated heterocycles. The molecule has 37 heavy (non-hydrogen) atoms. The van der Waals surface area contributed by atoms with Gasteiger partial charge in [0.25, 0.3) is 17.4 Å². The highest BCUT2D eigenvalue weighted by Gasteiger charge is 2.34. The van der Waals surface area contributed by atoms with Crippen molar-refractivity contribution in [2.24, 2.45) is 0 Å². The molecule has 190 valence electrons.